The molecule has 1 unspecified atom stereocenters. The van der Waals surface area contributed by atoms with Crippen molar-refractivity contribution in [2.45, 2.75) is 26.3 Å². The summed E-state index contributed by atoms with van der Waals surface area (Å²) < 4.78 is 0. The SMILES string of the molecule is CCNc1cnc(C(=O)NC(CC)CSC)cn1. The lowest BCUT2D eigenvalue weighted by atomic mass is 10.2. The average molecular weight is 268 g/mol. The highest BCUT2D eigenvalue weighted by Crippen LogP contribution is 2.04. The molecule has 0 aliphatic rings. The Morgan fingerprint density at radius 2 is 2.17 bits per heavy atom. The number of carbonyl (C=O) groups is 1. The second-order valence-electron chi connectivity index (χ2n) is 3.85. The van der Waals surface area contributed by atoms with Crippen molar-refractivity contribution < 1.29 is 4.79 Å². The van der Waals surface area contributed by atoms with Gasteiger partial charge in [0, 0.05) is 18.3 Å². The predicted octanol–water partition coefficient (Wildman–Crippen LogP) is 1.78. The molecule has 18 heavy (non-hydrogen) atoms. The van der Waals surface area contributed by atoms with Crippen LogP contribution < -0.4 is 10.6 Å². The van der Waals surface area contributed by atoms with E-state index in [9.17, 15) is 4.79 Å². The van der Waals surface area contributed by atoms with Gasteiger partial charge in [-0.1, -0.05) is 6.92 Å². The summed E-state index contributed by atoms with van der Waals surface area (Å²) >= 11 is 1.72. The Bertz CT molecular complexity index is 369. The van der Waals surface area contributed by atoms with Gasteiger partial charge in [-0.3, -0.25) is 4.79 Å². The van der Waals surface area contributed by atoms with E-state index >= 15 is 0 Å². The smallest absolute Gasteiger partial charge is 0.271 e. The third kappa shape index (κ3) is 4.52. The number of aromatic nitrogens is 2. The molecule has 1 aromatic rings. The van der Waals surface area contributed by atoms with Gasteiger partial charge in [0.2, 0.25) is 0 Å². The van der Waals surface area contributed by atoms with Crippen molar-refractivity contribution in [3.05, 3.63) is 18.1 Å². The molecule has 0 radical (unpaired) electrons. The van der Waals surface area contributed by atoms with Crippen LogP contribution in [0.5, 0.6) is 0 Å². The fraction of sp³-hybridized carbons (Fsp3) is 0.583. The van der Waals surface area contributed by atoms with E-state index in [1.165, 1.54) is 6.20 Å². The monoisotopic (exact) mass is 268 g/mol. The minimum Gasteiger partial charge on any atom is -0.369 e. The third-order valence-electron chi connectivity index (χ3n) is 2.44. The molecule has 0 bridgehead atoms. The first-order valence-corrected chi connectivity index (χ1v) is 7.46. The number of hydrogen-bond donors (Lipinski definition) is 2. The number of hydrogen-bond acceptors (Lipinski definition) is 5. The van der Waals surface area contributed by atoms with Crippen LogP contribution in [0.4, 0.5) is 5.82 Å². The van der Waals surface area contributed by atoms with Gasteiger partial charge in [0.05, 0.1) is 12.4 Å². The molecule has 5 nitrogen and oxygen atoms in total. The molecule has 1 amide bonds. The number of nitrogens with one attached hydrogen (secondary N) is 2. The van der Waals surface area contributed by atoms with Gasteiger partial charge in [0.15, 0.2) is 0 Å². The summed E-state index contributed by atoms with van der Waals surface area (Å²) in [4.78, 5) is 20.1. The number of thioether (sulfide) groups is 1. The molecule has 0 aliphatic carbocycles. The topological polar surface area (TPSA) is 66.9 Å². The van der Waals surface area contributed by atoms with Crippen LogP contribution in [0.3, 0.4) is 0 Å². The molecule has 0 saturated carbocycles. The maximum atomic E-state index is 11.9. The van der Waals surface area contributed by atoms with Crippen molar-refractivity contribution in [1.82, 2.24) is 15.3 Å². The van der Waals surface area contributed by atoms with Crippen molar-refractivity contribution in [3.63, 3.8) is 0 Å². The molecule has 0 saturated heterocycles. The van der Waals surface area contributed by atoms with Gasteiger partial charge >= 0.3 is 0 Å². The quantitative estimate of drug-likeness (QED) is 0.789. The van der Waals surface area contributed by atoms with Gasteiger partial charge < -0.3 is 10.6 Å². The highest BCUT2D eigenvalue weighted by molar-refractivity contribution is 7.98. The summed E-state index contributed by atoms with van der Waals surface area (Å²) in [7, 11) is 0. The lowest BCUT2D eigenvalue weighted by Crippen LogP contribution is -2.36. The first kappa shape index (κ1) is 14.8. The molecule has 1 aromatic heterocycles. The molecule has 0 aromatic carbocycles. The van der Waals surface area contributed by atoms with E-state index in [0.717, 1.165) is 18.7 Å². The molecule has 1 rings (SSSR count). The summed E-state index contributed by atoms with van der Waals surface area (Å²) in [6.07, 6.45) is 6.02. The van der Waals surface area contributed by atoms with E-state index < -0.39 is 0 Å². The fourth-order valence-electron chi connectivity index (χ4n) is 1.44. The first-order valence-electron chi connectivity index (χ1n) is 6.06. The zero-order chi connectivity index (χ0) is 13.4. The molecule has 0 spiro atoms. The predicted molar refractivity (Wildman–Crippen MR) is 76.1 cm³/mol. The Morgan fingerprint density at radius 1 is 1.39 bits per heavy atom. The maximum absolute atomic E-state index is 11.9. The van der Waals surface area contributed by atoms with Crippen LogP contribution in [-0.2, 0) is 0 Å². The standard InChI is InChI=1S/C12H20N4OS/c1-4-9(8-18-3)16-12(17)10-6-15-11(7-14-10)13-5-2/h6-7,9H,4-5,8H2,1-3H3,(H,13,15)(H,16,17). The fourth-order valence-corrected chi connectivity index (χ4v) is 2.16. The van der Waals surface area contributed by atoms with E-state index in [1.54, 1.807) is 18.0 Å². The number of amides is 1. The van der Waals surface area contributed by atoms with Crippen LogP contribution in [0.25, 0.3) is 0 Å². The first-order chi connectivity index (χ1) is 8.71. The van der Waals surface area contributed by atoms with Gasteiger partial charge in [-0.15, -0.1) is 0 Å². The summed E-state index contributed by atoms with van der Waals surface area (Å²) in [5.74, 6) is 1.43. The normalized spacial score (nSPS) is 11.9. The Morgan fingerprint density at radius 3 is 2.67 bits per heavy atom. The van der Waals surface area contributed by atoms with Crippen LogP contribution in [0, 0.1) is 0 Å². The van der Waals surface area contributed by atoms with E-state index in [1.807, 2.05) is 13.2 Å². The Kier molecular flexibility index (Phi) is 6.49. The van der Waals surface area contributed by atoms with E-state index in [4.69, 9.17) is 0 Å². The van der Waals surface area contributed by atoms with Crippen molar-refractivity contribution >= 4 is 23.5 Å². The Labute approximate surface area is 112 Å². The number of rotatable bonds is 7. The van der Waals surface area contributed by atoms with E-state index in [-0.39, 0.29) is 11.9 Å². The molecule has 1 heterocycles. The van der Waals surface area contributed by atoms with Crippen LogP contribution in [-0.4, -0.2) is 40.5 Å². The van der Waals surface area contributed by atoms with Crippen molar-refractivity contribution in [2.75, 3.05) is 23.9 Å². The molecule has 2 N–H and O–H groups in total. The summed E-state index contributed by atoms with van der Waals surface area (Å²) in [6, 6.07) is 0.183. The molecule has 0 fully saturated rings. The van der Waals surface area contributed by atoms with Gasteiger partial charge in [-0.05, 0) is 19.6 Å². The minimum atomic E-state index is -0.161. The van der Waals surface area contributed by atoms with Gasteiger partial charge in [-0.2, -0.15) is 11.8 Å². The second-order valence-corrected chi connectivity index (χ2v) is 4.76. The van der Waals surface area contributed by atoms with Crippen LogP contribution in [0.2, 0.25) is 0 Å². The van der Waals surface area contributed by atoms with Crippen molar-refractivity contribution in [2.24, 2.45) is 0 Å². The lowest BCUT2D eigenvalue weighted by molar-refractivity contribution is 0.0934. The Balaban J connectivity index is 2.60. The molecule has 0 aliphatic heterocycles. The minimum absolute atomic E-state index is 0.161. The largest absolute Gasteiger partial charge is 0.369 e. The summed E-state index contributed by atoms with van der Waals surface area (Å²) in [5.41, 5.74) is 0.358. The van der Waals surface area contributed by atoms with Crippen molar-refractivity contribution in [1.29, 1.82) is 0 Å². The lowest BCUT2D eigenvalue weighted by Gasteiger charge is -2.15. The molecule has 100 valence electrons. The molecule has 6 heteroatoms. The molecular formula is C12H20N4OS. The van der Waals surface area contributed by atoms with Gasteiger partial charge in [0.1, 0.15) is 11.5 Å². The zero-order valence-corrected chi connectivity index (χ0v) is 11.9. The Hall–Kier alpha value is -1.30. The van der Waals surface area contributed by atoms with E-state index in [0.29, 0.717) is 11.5 Å². The van der Waals surface area contributed by atoms with E-state index in [2.05, 4.69) is 27.5 Å². The number of nitrogens with zero attached hydrogens (tertiary/aromatic N) is 2. The van der Waals surface area contributed by atoms with Crippen LogP contribution in [0.1, 0.15) is 30.8 Å². The summed E-state index contributed by atoms with van der Waals surface area (Å²) in [6.45, 7) is 4.82. The number of carbonyl (C=O) groups excluding carboxylic acids is 1. The molecular weight excluding hydrogens is 248 g/mol. The maximum Gasteiger partial charge on any atom is 0.271 e. The highest BCUT2D eigenvalue weighted by Gasteiger charge is 2.13. The second kappa shape index (κ2) is 7.92. The van der Waals surface area contributed by atoms with Crippen molar-refractivity contribution in [3.8, 4) is 0 Å². The van der Waals surface area contributed by atoms with Crippen LogP contribution >= 0.6 is 11.8 Å². The summed E-state index contributed by atoms with van der Waals surface area (Å²) in [5, 5.41) is 5.99. The van der Waals surface area contributed by atoms with Gasteiger partial charge in [0.25, 0.3) is 5.91 Å². The average Bonchev–Trinajstić information content (AvgIpc) is 2.39. The van der Waals surface area contributed by atoms with Gasteiger partial charge in [-0.25, -0.2) is 9.97 Å². The number of anilines is 1. The highest BCUT2D eigenvalue weighted by atomic mass is 32.2. The molecule has 1 atom stereocenters. The third-order valence-corrected chi connectivity index (χ3v) is 3.17. The van der Waals surface area contributed by atoms with Crippen LogP contribution in [0.15, 0.2) is 12.4 Å². The zero-order valence-electron chi connectivity index (χ0n) is 11.1.